The van der Waals surface area contributed by atoms with Crippen molar-refractivity contribution in [2.24, 2.45) is 0 Å². The number of carbonyl (C=O) groups is 2. The van der Waals surface area contributed by atoms with Gasteiger partial charge in [-0.25, -0.2) is 4.79 Å². The molecule has 2 rings (SSSR count). The lowest BCUT2D eigenvalue weighted by Crippen LogP contribution is -2.50. The molecule has 0 radical (unpaired) electrons. The molecule has 0 atom stereocenters. The van der Waals surface area contributed by atoms with E-state index in [-0.39, 0.29) is 18.7 Å². The number of carboxylic acids is 1. The van der Waals surface area contributed by atoms with E-state index in [0.717, 1.165) is 19.3 Å². The lowest BCUT2D eigenvalue weighted by molar-refractivity contribution is -0.165. The Morgan fingerprint density at radius 2 is 1.95 bits per heavy atom. The fourth-order valence-electron chi connectivity index (χ4n) is 2.71. The number of carboxylic acid groups (broad SMARTS) is 1. The molecule has 0 saturated carbocycles. The first-order valence-electron chi connectivity index (χ1n) is 6.93. The van der Waals surface area contributed by atoms with Gasteiger partial charge in [0.15, 0.2) is 5.60 Å². The molecule has 1 aliphatic carbocycles. The Balaban J connectivity index is 1.85. The minimum atomic E-state index is -1.65. The molecule has 106 valence electrons. The number of piperidine rings is 1. The largest absolute Gasteiger partial charge is 0.479 e. The van der Waals surface area contributed by atoms with Gasteiger partial charge in [0.05, 0.1) is 0 Å². The molecule has 5 heteroatoms. The van der Waals surface area contributed by atoms with Crippen molar-refractivity contribution in [2.75, 3.05) is 13.1 Å². The number of allylic oxidation sites excluding steroid dienone is 1. The Kier molecular flexibility index (Phi) is 4.24. The van der Waals surface area contributed by atoms with Gasteiger partial charge >= 0.3 is 5.97 Å². The number of aliphatic carboxylic acids is 1. The van der Waals surface area contributed by atoms with Crippen molar-refractivity contribution in [3.05, 3.63) is 11.6 Å². The minimum absolute atomic E-state index is 0.0561. The fraction of sp³-hybridized carbons (Fsp3) is 0.714. The lowest BCUT2D eigenvalue weighted by Gasteiger charge is -2.35. The normalized spacial score (nSPS) is 22.8. The van der Waals surface area contributed by atoms with E-state index in [9.17, 15) is 14.7 Å². The zero-order valence-electron chi connectivity index (χ0n) is 11.1. The highest BCUT2D eigenvalue weighted by Gasteiger charge is 2.40. The summed E-state index contributed by atoms with van der Waals surface area (Å²) in [6.45, 7) is 0.657. The Labute approximate surface area is 112 Å². The summed E-state index contributed by atoms with van der Waals surface area (Å²) in [6.07, 6.45) is 7.25. The Morgan fingerprint density at radius 3 is 2.47 bits per heavy atom. The van der Waals surface area contributed by atoms with Crippen molar-refractivity contribution >= 4 is 11.9 Å². The number of hydrogen-bond acceptors (Lipinski definition) is 3. The number of aliphatic hydroxyl groups is 1. The lowest BCUT2D eigenvalue weighted by atomic mass is 9.91. The molecule has 1 aliphatic heterocycles. The third-order valence-corrected chi connectivity index (χ3v) is 4.10. The van der Waals surface area contributed by atoms with Gasteiger partial charge in [-0.2, -0.15) is 0 Å². The van der Waals surface area contributed by atoms with Gasteiger partial charge < -0.3 is 15.1 Å². The Morgan fingerprint density at radius 1 is 1.26 bits per heavy atom. The van der Waals surface area contributed by atoms with E-state index in [1.165, 1.54) is 12.0 Å². The van der Waals surface area contributed by atoms with E-state index in [2.05, 4.69) is 6.08 Å². The number of amides is 1. The predicted molar refractivity (Wildman–Crippen MR) is 69.6 cm³/mol. The van der Waals surface area contributed by atoms with Gasteiger partial charge in [-0.1, -0.05) is 11.6 Å². The van der Waals surface area contributed by atoms with Crippen LogP contribution in [0.5, 0.6) is 0 Å². The van der Waals surface area contributed by atoms with Gasteiger partial charge in [-0.15, -0.1) is 0 Å². The van der Waals surface area contributed by atoms with Crippen LogP contribution in [0.4, 0.5) is 0 Å². The smallest absolute Gasteiger partial charge is 0.335 e. The molecule has 19 heavy (non-hydrogen) atoms. The van der Waals surface area contributed by atoms with Gasteiger partial charge in [0.25, 0.3) is 0 Å². The highest BCUT2D eigenvalue weighted by molar-refractivity contribution is 5.80. The highest BCUT2D eigenvalue weighted by atomic mass is 16.4. The number of likely N-dealkylation sites (tertiary alicyclic amines) is 1. The second-order valence-electron chi connectivity index (χ2n) is 5.50. The van der Waals surface area contributed by atoms with Crippen LogP contribution in [0.25, 0.3) is 0 Å². The third kappa shape index (κ3) is 3.35. The van der Waals surface area contributed by atoms with Gasteiger partial charge in [0.1, 0.15) is 0 Å². The summed E-state index contributed by atoms with van der Waals surface area (Å²) in [5.74, 6) is -1.13. The highest BCUT2D eigenvalue weighted by Crippen LogP contribution is 2.25. The molecule has 2 aliphatic rings. The van der Waals surface area contributed by atoms with E-state index in [4.69, 9.17) is 5.11 Å². The summed E-state index contributed by atoms with van der Waals surface area (Å²) in [7, 11) is 0. The Bertz CT molecular complexity index is 394. The van der Waals surface area contributed by atoms with Crippen molar-refractivity contribution < 1.29 is 19.8 Å². The SMILES string of the molecule is O=C(CC1=CCCCC1)N1CCC(O)(C(=O)O)CC1. The molecule has 0 aromatic heterocycles. The summed E-state index contributed by atoms with van der Waals surface area (Å²) in [5, 5.41) is 18.7. The quantitative estimate of drug-likeness (QED) is 0.756. The molecule has 0 aromatic rings. The van der Waals surface area contributed by atoms with Crippen LogP contribution < -0.4 is 0 Å². The van der Waals surface area contributed by atoms with E-state index in [1.807, 2.05) is 0 Å². The Hall–Kier alpha value is -1.36. The van der Waals surface area contributed by atoms with E-state index in [1.54, 1.807) is 4.90 Å². The maximum atomic E-state index is 12.1. The summed E-state index contributed by atoms with van der Waals surface area (Å²) >= 11 is 0. The van der Waals surface area contributed by atoms with Crippen LogP contribution in [0.1, 0.15) is 44.9 Å². The average molecular weight is 267 g/mol. The van der Waals surface area contributed by atoms with Crippen LogP contribution in [0.2, 0.25) is 0 Å². The van der Waals surface area contributed by atoms with Gasteiger partial charge in [0.2, 0.25) is 5.91 Å². The van der Waals surface area contributed by atoms with Crippen LogP contribution in [0.15, 0.2) is 11.6 Å². The molecule has 1 saturated heterocycles. The van der Waals surface area contributed by atoms with Crippen molar-refractivity contribution in [1.82, 2.24) is 4.90 Å². The zero-order valence-corrected chi connectivity index (χ0v) is 11.1. The van der Waals surface area contributed by atoms with Crippen molar-refractivity contribution in [3.8, 4) is 0 Å². The van der Waals surface area contributed by atoms with Gasteiger partial charge in [-0.05, 0) is 25.7 Å². The van der Waals surface area contributed by atoms with Crippen LogP contribution in [0.3, 0.4) is 0 Å². The third-order valence-electron chi connectivity index (χ3n) is 4.10. The van der Waals surface area contributed by atoms with E-state index < -0.39 is 11.6 Å². The molecule has 2 N–H and O–H groups in total. The molecule has 0 spiro atoms. The fourth-order valence-corrected chi connectivity index (χ4v) is 2.71. The van der Waals surface area contributed by atoms with Crippen LogP contribution in [-0.2, 0) is 9.59 Å². The minimum Gasteiger partial charge on any atom is -0.479 e. The topological polar surface area (TPSA) is 77.8 Å². The molecule has 0 aromatic carbocycles. The van der Waals surface area contributed by atoms with Crippen LogP contribution in [0, 0.1) is 0 Å². The van der Waals surface area contributed by atoms with E-state index in [0.29, 0.717) is 19.5 Å². The molecular weight excluding hydrogens is 246 g/mol. The molecule has 0 bridgehead atoms. The zero-order chi connectivity index (χ0) is 13.9. The molecular formula is C14H21NO4. The predicted octanol–water partition coefficient (Wildman–Crippen LogP) is 1.31. The molecule has 1 heterocycles. The molecule has 1 amide bonds. The average Bonchev–Trinajstić information content (AvgIpc) is 2.40. The summed E-state index contributed by atoms with van der Waals surface area (Å²) in [6, 6.07) is 0. The van der Waals surface area contributed by atoms with Crippen molar-refractivity contribution in [2.45, 2.75) is 50.5 Å². The number of rotatable bonds is 3. The monoisotopic (exact) mass is 267 g/mol. The number of carbonyl (C=O) groups excluding carboxylic acids is 1. The summed E-state index contributed by atoms with van der Waals surface area (Å²) in [4.78, 5) is 24.7. The van der Waals surface area contributed by atoms with Crippen LogP contribution >= 0.6 is 0 Å². The summed E-state index contributed by atoms with van der Waals surface area (Å²) in [5.41, 5.74) is -0.448. The summed E-state index contributed by atoms with van der Waals surface area (Å²) < 4.78 is 0. The second kappa shape index (κ2) is 5.74. The van der Waals surface area contributed by atoms with E-state index >= 15 is 0 Å². The standard InChI is InChI=1S/C14H21NO4/c16-12(10-11-4-2-1-3-5-11)15-8-6-14(19,7-9-15)13(17)18/h4,19H,1-3,5-10H2,(H,17,18). The molecule has 0 unspecified atom stereocenters. The first-order chi connectivity index (χ1) is 9.01. The molecule has 1 fully saturated rings. The van der Waals surface area contributed by atoms with Crippen molar-refractivity contribution in [3.63, 3.8) is 0 Å². The van der Waals surface area contributed by atoms with Crippen molar-refractivity contribution in [1.29, 1.82) is 0 Å². The maximum absolute atomic E-state index is 12.1. The number of nitrogens with zero attached hydrogens (tertiary/aromatic N) is 1. The first-order valence-corrected chi connectivity index (χ1v) is 6.93. The van der Waals surface area contributed by atoms with Crippen LogP contribution in [-0.4, -0.2) is 45.7 Å². The van der Waals surface area contributed by atoms with Gasteiger partial charge in [0, 0.05) is 32.4 Å². The molecule has 5 nitrogen and oxygen atoms in total. The second-order valence-corrected chi connectivity index (χ2v) is 5.50. The maximum Gasteiger partial charge on any atom is 0.335 e. The number of hydrogen-bond donors (Lipinski definition) is 2. The van der Waals surface area contributed by atoms with Gasteiger partial charge in [-0.3, -0.25) is 4.79 Å². The first kappa shape index (κ1) is 14.1.